The maximum atomic E-state index is 12.5. The number of hydrogen-bond donors (Lipinski definition) is 1. The monoisotopic (exact) mass is 334 g/mol. The molecule has 2 atom stereocenters. The van der Waals surface area contributed by atoms with Crippen molar-refractivity contribution in [1.82, 2.24) is 10.2 Å². The highest BCUT2D eigenvalue weighted by atomic mass is 16.5. The highest BCUT2D eigenvalue weighted by Gasteiger charge is 2.24. The first-order valence-electron chi connectivity index (χ1n) is 8.65. The van der Waals surface area contributed by atoms with Gasteiger partial charge in [0.15, 0.2) is 11.5 Å². The van der Waals surface area contributed by atoms with E-state index in [2.05, 4.69) is 5.32 Å². The molecule has 24 heavy (non-hydrogen) atoms. The molecule has 132 valence electrons. The fourth-order valence-electron chi connectivity index (χ4n) is 3.12. The molecule has 2 heterocycles. The van der Waals surface area contributed by atoms with Crippen molar-refractivity contribution in [3.05, 3.63) is 23.8 Å². The minimum atomic E-state index is -0.0995. The Kier molecular flexibility index (Phi) is 5.45. The number of ether oxygens (including phenoxy) is 3. The molecule has 0 saturated carbocycles. The molecule has 0 radical (unpaired) electrons. The van der Waals surface area contributed by atoms with Crippen LogP contribution in [0.3, 0.4) is 0 Å². The quantitative estimate of drug-likeness (QED) is 0.923. The first-order valence-corrected chi connectivity index (χ1v) is 8.65. The third-order valence-electron chi connectivity index (χ3n) is 4.61. The maximum Gasteiger partial charge on any atom is 0.317 e. The number of piperidine rings is 1. The van der Waals surface area contributed by atoms with E-state index < -0.39 is 0 Å². The van der Waals surface area contributed by atoms with E-state index in [1.165, 1.54) is 0 Å². The molecule has 2 aliphatic heterocycles. The van der Waals surface area contributed by atoms with Crippen LogP contribution in [0.15, 0.2) is 18.2 Å². The summed E-state index contributed by atoms with van der Waals surface area (Å²) in [5.74, 6) is 1.53. The van der Waals surface area contributed by atoms with E-state index in [0.717, 1.165) is 42.9 Å². The van der Waals surface area contributed by atoms with E-state index in [1.807, 2.05) is 30.0 Å². The molecule has 2 aliphatic rings. The van der Waals surface area contributed by atoms with Gasteiger partial charge < -0.3 is 24.4 Å². The van der Waals surface area contributed by atoms with Crippen LogP contribution in [0.2, 0.25) is 0 Å². The summed E-state index contributed by atoms with van der Waals surface area (Å²) >= 11 is 0. The number of hydrogen-bond acceptors (Lipinski definition) is 4. The number of carbonyl (C=O) groups is 1. The Labute approximate surface area is 143 Å². The molecular weight excluding hydrogens is 308 g/mol. The van der Waals surface area contributed by atoms with Gasteiger partial charge in [0.05, 0.1) is 25.4 Å². The van der Waals surface area contributed by atoms with Crippen LogP contribution < -0.4 is 14.8 Å². The fraction of sp³-hybridized carbons (Fsp3) is 0.611. The summed E-state index contributed by atoms with van der Waals surface area (Å²) in [4.78, 5) is 14.3. The molecule has 0 aromatic heterocycles. The van der Waals surface area contributed by atoms with Crippen molar-refractivity contribution in [2.45, 2.75) is 38.3 Å². The minimum Gasteiger partial charge on any atom is -0.490 e. The average Bonchev–Trinajstić information content (AvgIpc) is 2.86. The fourth-order valence-corrected chi connectivity index (χ4v) is 3.12. The van der Waals surface area contributed by atoms with Crippen LogP contribution in [-0.4, -0.2) is 50.4 Å². The van der Waals surface area contributed by atoms with Crippen molar-refractivity contribution in [2.24, 2.45) is 0 Å². The van der Waals surface area contributed by atoms with E-state index >= 15 is 0 Å². The van der Waals surface area contributed by atoms with Crippen molar-refractivity contribution in [1.29, 1.82) is 0 Å². The molecule has 1 fully saturated rings. The molecule has 6 nitrogen and oxygen atoms in total. The Hall–Kier alpha value is -1.95. The SMILES string of the molecule is CO[C@H]1CCCN(C(=O)N[C@@H](C)c2ccc3c(c2)OCCCO3)C1. The molecule has 0 unspecified atom stereocenters. The van der Waals surface area contributed by atoms with E-state index in [0.29, 0.717) is 19.8 Å². The number of urea groups is 1. The smallest absolute Gasteiger partial charge is 0.317 e. The number of likely N-dealkylation sites (tertiary alicyclic amines) is 1. The second-order valence-corrected chi connectivity index (χ2v) is 6.37. The molecule has 3 rings (SSSR count). The first-order chi connectivity index (χ1) is 11.7. The normalized spacial score (nSPS) is 21.8. The second-order valence-electron chi connectivity index (χ2n) is 6.37. The zero-order valence-corrected chi connectivity index (χ0v) is 14.4. The standard InChI is InChI=1S/C18H26N2O4/c1-13(19-18(21)20-8-3-5-15(12-20)22-2)14-6-7-16-17(11-14)24-10-4-9-23-16/h6-7,11,13,15H,3-5,8-10,12H2,1-2H3,(H,19,21)/t13-,15-/m0/s1. The summed E-state index contributed by atoms with van der Waals surface area (Å²) < 4.78 is 16.8. The number of nitrogens with one attached hydrogen (secondary N) is 1. The Morgan fingerprint density at radius 3 is 2.88 bits per heavy atom. The van der Waals surface area contributed by atoms with Crippen LogP contribution in [-0.2, 0) is 4.74 Å². The van der Waals surface area contributed by atoms with Gasteiger partial charge in [-0.15, -0.1) is 0 Å². The van der Waals surface area contributed by atoms with Gasteiger partial charge in [0, 0.05) is 26.6 Å². The molecule has 1 aromatic carbocycles. The van der Waals surface area contributed by atoms with E-state index in [-0.39, 0.29) is 18.2 Å². The number of fused-ring (bicyclic) bond motifs is 1. The molecule has 1 N–H and O–H groups in total. The predicted molar refractivity (Wildman–Crippen MR) is 90.6 cm³/mol. The van der Waals surface area contributed by atoms with Crippen molar-refractivity contribution in [2.75, 3.05) is 33.4 Å². The van der Waals surface area contributed by atoms with Crippen LogP contribution in [0.1, 0.15) is 37.8 Å². The molecule has 0 spiro atoms. The predicted octanol–water partition coefficient (Wildman–Crippen LogP) is 2.73. The largest absolute Gasteiger partial charge is 0.490 e. The molecule has 0 aliphatic carbocycles. The number of amides is 2. The lowest BCUT2D eigenvalue weighted by Crippen LogP contribution is -2.48. The van der Waals surface area contributed by atoms with Crippen molar-refractivity contribution < 1.29 is 19.0 Å². The number of nitrogens with zero attached hydrogens (tertiary/aromatic N) is 1. The van der Waals surface area contributed by atoms with Crippen molar-refractivity contribution >= 4 is 6.03 Å². The van der Waals surface area contributed by atoms with Gasteiger partial charge in [-0.2, -0.15) is 0 Å². The molecular formula is C18H26N2O4. The van der Waals surface area contributed by atoms with Gasteiger partial charge in [-0.3, -0.25) is 0 Å². The molecule has 6 heteroatoms. The van der Waals surface area contributed by atoms with E-state index in [9.17, 15) is 4.79 Å². The number of carbonyl (C=O) groups excluding carboxylic acids is 1. The lowest BCUT2D eigenvalue weighted by atomic mass is 10.1. The van der Waals surface area contributed by atoms with Gasteiger partial charge in [-0.1, -0.05) is 6.07 Å². The highest BCUT2D eigenvalue weighted by molar-refractivity contribution is 5.75. The Morgan fingerprint density at radius 2 is 2.08 bits per heavy atom. The van der Waals surface area contributed by atoms with Gasteiger partial charge >= 0.3 is 6.03 Å². The molecule has 1 aromatic rings. The molecule has 2 amide bonds. The van der Waals surface area contributed by atoms with E-state index in [4.69, 9.17) is 14.2 Å². The number of methoxy groups -OCH3 is 1. The van der Waals surface area contributed by atoms with Gasteiger partial charge in [-0.25, -0.2) is 4.79 Å². The summed E-state index contributed by atoms with van der Waals surface area (Å²) in [7, 11) is 1.70. The molecule has 0 bridgehead atoms. The lowest BCUT2D eigenvalue weighted by molar-refractivity contribution is 0.0431. The van der Waals surface area contributed by atoms with Crippen LogP contribution in [0, 0.1) is 0 Å². The molecule has 1 saturated heterocycles. The lowest BCUT2D eigenvalue weighted by Gasteiger charge is -2.32. The summed E-state index contributed by atoms with van der Waals surface area (Å²) in [6.07, 6.45) is 3.01. The van der Waals surface area contributed by atoms with Gasteiger partial charge in [-0.05, 0) is 37.5 Å². The minimum absolute atomic E-state index is 0.0450. The second kappa shape index (κ2) is 7.75. The van der Waals surface area contributed by atoms with E-state index in [1.54, 1.807) is 7.11 Å². The van der Waals surface area contributed by atoms with Gasteiger partial charge in [0.25, 0.3) is 0 Å². The zero-order chi connectivity index (χ0) is 16.9. The van der Waals surface area contributed by atoms with Crippen molar-refractivity contribution in [3.63, 3.8) is 0 Å². The Balaban J connectivity index is 1.63. The maximum absolute atomic E-state index is 12.5. The summed E-state index contributed by atoms with van der Waals surface area (Å²) in [6.45, 7) is 4.74. The van der Waals surface area contributed by atoms with Crippen LogP contribution in [0.4, 0.5) is 4.79 Å². The van der Waals surface area contributed by atoms with Crippen LogP contribution in [0.25, 0.3) is 0 Å². The zero-order valence-electron chi connectivity index (χ0n) is 14.4. The summed E-state index contributed by atoms with van der Waals surface area (Å²) in [5, 5.41) is 3.07. The van der Waals surface area contributed by atoms with Crippen LogP contribution >= 0.6 is 0 Å². The van der Waals surface area contributed by atoms with Gasteiger partial charge in [0.1, 0.15) is 0 Å². The van der Waals surface area contributed by atoms with Gasteiger partial charge in [0.2, 0.25) is 0 Å². The third kappa shape index (κ3) is 3.93. The number of benzene rings is 1. The number of rotatable bonds is 3. The van der Waals surface area contributed by atoms with Crippen LogP contribution in [0.5, 0.6) is 11.5 Å². The topological polar surface area (TPSA) is 60.0 Å². The summed E-state index contributed by atoms with van der Waals surface area (Å²) in [6, 6.07) is 5.71. The summed E-state index contributed by atoms with van der Waals surface area (Å²) in [5.41, 5.74) is 1.01. The van der Waals surface area contributed by atoms with Crippen molar-refractivity contribution in [3.8, 4) is 11.5 Å². The third-order valence-corrected chi connectivity index (χ3v) is 4.61. The Morgan fingerprint density at radius 1 is 1.29 bits per heavy atom. The first kappa shape index (κ1) is 16.9. The highest BCUT2D eigenvalue weighted by Crippen LogP contribution is 2.32. The average molecular weight is 334 g/mol. The Bertz CT molecular complexity index is 578.